The highest BCUT2D eigenvalue weighted by atomic mass is 16.2. The number of anilines is 1. The summed E-state index contributed by atoms with van der Waals surface area (Å²) < 4.78 is 0. The topological polar surface area (TPSA) is 82.5 Å². The maximum Gasteiger partial charge on any atom is 0.254 e. The molecule has 1 atom stereocenters. The molecule has 29 heavy (non-hydrogen) atoms. The number of aromatic nitrogens is 3. The Hall–Kier alpha value is -3.03. The molecule has 2 aliphatic heterocycles. The van der Waals surface area contributed by atoms with Gasteiger partial charge >= 0.3 is 0 Å². The fraction of sp³-hybridized carbons (Fsp3) is 0.476. The van der Waals surface area contributed by atoms with Gasteiger partial charge in [0.1, 0.15) is 5.82 Å². The van der Waals surface area contributed by atoms with Crippen LogP contribution in [0, 0.1) is 0 Å². The average molecular weight is 394 g/mol. The van der Waals surface area contributed by atoms with Gasteiger partial charge in [-0.3, -0.25) is 9.59 Å². The van der Waals surface area contributed by atoms with Gasteiger partial charge in [0.2, 0.25) is 5.91 Å². The van der Waals surface area contributed by atoms with Crippen molar-refractivity contribution in [1.82, 2.24) is 24.8 Å². The molecule has 0 unspecified atom stereocenters. The minimum atomic E-state index is -0.116. The van der Waals surface area contributed by atoms with Crippen molar-refractivity contribution in [1.29, 1.82) is 0 Å². The molecule has 4 rings (SSSR count). The fourth-order valence-electron chi connectivity index (χ4n) is 4.00. The Balaban J connectivity index is 1.57. The predicted molar refractivity (Wildman–Crippen MR) is 108 cm³/mol. The van der Waals surface area contributed by atoms with Crippen LogP contribution < -0.4 is 4.90 Å². The molecule has 0 N–H and O–H groups in total. The number of hydrogen-bond donors (Lipinski definition) is 0. The number of carbonyl (C=O) groups excluding carboxylic acids is 2. The van der Waals surface area contributed by atoms with E-state index in [2.05, 4.69) is 9.97 Å². The lowest BCUT2D eigenvalue weighted by atomic mass is 10.1. The Bertz CT molecular complexity index is 945. The van der Waals surface area contributed by atoms with Gasteiger partial charge in [-0.1, -0.05) is 0 Å². The normalized spacial score (nSPS) is 18.5. The van der Waals surface area contributed by atoms with E-state index in [1.54, 1.807) is 19.2 Å². The lowest BCUT2D eigenvalue weighted by molar-refractivity contribution is -0.129. The molecule has 2 aromatic rings. The zero-order valence-electron chi connectivity index (χ0n) is 17.1. The van der Waals surface area contributed by atoms with Crippen LogP contribution in [0.1, 0.15) is 53.2 Å². The Morgan fingerprint density at radius 2 is 2.03 bits per heavy atom. The third-order valence-corrected chi connectivity index (χ3v) is 5.66. The molecular formula is C21H26N6O2. The van der Waals surface area contributed by atoms with Crippen molar-refractivity contribution in [2.24, 2.45) is 0 Å². The summed E-state index contributed by atoms with van der Waals surface area (Å²) >= 11 is 0. The first-order valence-electron chi connectivity index (χ1n) is 9.98. The smallest absolute Gasteiger partial charge is 0.254 e. The van der Waals surface area contributed by atoms with Crippen LogP contribution in [0.25, 0.3) is 0 Å². The molecule has 0 spiro atoms. The lowest BCUT2D eigenvalue weighted by Gasteiger charge is -2.29. The molecule has 8 nitrogen and oxygen atoms in total. The van der Waals surface area contributed by atoms with Gasteiger partial charge in [0.25, 0.3) is 5.91 Å². The van der Waals surface area contributed by atoms with E-state index in [1.807, 2.05) is 41.1 Å². The predicted octanol–water partition coefficient (Wildman–Crippen LogP) is 1.82. The molecule has 8 heteroatoms. The Labute approximate surface area is 170 Å². The monoisotopic (exact) mass is 394 g/mol. The van der Waals surface area contributed by atoms with Crippen LogP contribution >= 0.6 is 0 Å². The second-order valence-electron chi connectivity index (χ2n) is 7.84. The van der Waals surface area contributed by atoms with E-state index in [4.69, 9.17) is 4.98 Å². The maximum absolute atomic E-state index is 13.2. The van der Waals surface area contributed by atoms with Gasteiger partial charge in [0.05, 0.1) is 11.7 Å². The first kappa shape index (κ1) is 19.3. The maximum atomic E-state index is 13.2. The van der Waals surface area contributed by atoms with E-state index in [1.165, 1.54) is 0 Å². The molecule has 0 saturated carbocycles. The first-order valence-corrected chi connectivity index (χ1v) is 9.98. The number of amides is 2. The van der Waals surface area contributed by atoms with Crippen LogP contribution in [-0.4, -0.2) is 63.8 Å². The van der Waals surface area contributed by atoms with E-state index in [-0.39, 0.29) is 17.9 Å². The van der Waals surface area contributed by atoms with Gasteiger partial charge in [-0.2, -0.15) is 0 Å². The van der Waals surface area contributed by atoms with Gasteiger partial charge in [0.15, 0.2) is 5.82 Å². The summed E-state index contributed by atoms with van der Waals surface area (Å²) in [4.78, 5) is 44.1. The summed E-state index contributed by atoms with van der Waals surface area (Å²) in [6.45, 7) is 3.52. The first-order chi connectivity index (χ1) is 13.9. The molecule has 152 valence electrons. The molecule has 4 heterocycles. The van der Waals surface area contributed by atoms with Crippen molar-refractivity contribution in [2.45, 2.75) is 38.8 Å². The Kier molecular flexibility index (Phi) is 5.17. The number of rotatable bonds is 3. The number of carbonyl (C=O) groups is 2. The van der Waals surface area contributed by atoms with Crippen LogP contribution in [0.4, 0.5) is 5.82 Å². The van der Waals surface area contributed by atoms with E-state index in [0.717, 1.165) is 36.3 Å². The summed E-state index contributed by atoms with van der Waals surface area (Å²) in [6.07, 6.45) is 6.01. The van der Waals surface area contributed by atoms with Gasteiger partial charge in [-0.15, -0.1) is 0 Å². The molecule has 2 aromatic heterocycles. The average Bonchev–Trinajstić information content (AvgIpc) is 3.22. The van der Waals surface area contributed by atoms with Crippen molar-refractivity contribution in [3.8, 4) is 0 Å². The summed E-state index contributed by atoms with van der Waals surface area (Å²) in [5.74, 6) is 1.52. The minimum absolute atomic E-state index is 0.0120. The quantitative estimate of drug-likeness (QED) is 0.790. The van der Waals surface area contributed by atoms with E-state index in [0.29, 0.717) is 31.0 Å². The summed E-state index contributed by atoms with van der Waals surface area (Å²) in [6, 6.07) is 3.46. The SMILES string of the molecule is CC(=O)N1CCc2nc([C@H]3CCCN3C(=O)c3ccnc(N(C)C)c3)ncc2C1. The number of fused-ring (bicyclic) bond motifs is 1. The molecule has 1 fully saturated rings. The molecular weight excluding hydrogens is 368 g/mol. The van der Waals surface area contributed by atoms with Crippen LogP contribution in [0.15, 0.2) is 24.5 Å². The third kappa shape index (κ3) is 3.79. The summed E-state index contributed by atoms with van der Waals surface area (Å²) in [5, 5.41) is 0. The molecule has 0 aromatic carbocycles. The number of nitrogens with zero attached hydrogens (tertiary/aromatic N) is 6. The molecule has 2 aliphatic rings. The van der Waals surface area contributed by atoms with Gasteiger partial charge in [-0.05, 0) is 25.0 Å². The highest BCUT2D eigenvalue weighted by Crippen LogP contribution is 2.32. The van der Waals surface area contributed by atoms with Crippen molar-refractivity contribution in [2.75, 3.05) is 32.1 Å². The molecule has 0 aliphatic carbocycles. The molecule has 0 radical (unpaired) electrons. The van der Waals surface area contributed by atoms with Crippen LogP contribution in [0.5, 0.6) is 0 Å². The largest absolute Gasteiger partial charge is 0.363 e. The highest BCUT2D eigenvalue weighted by Gasteiger charge is 2.33. The molecule has 2 amide bonds. The zero-order chi connectivity index (χ0) is 20.5. The van der Waals surface area contributed by atoms with Gasteiger partial charge in [-0.25, -0.2) is 15.0 Å². The molecule has 1 saturated heterocycles. The van der Waals surface area contributed by atoms with Crippen LogP contribution in [0.2, 0.25) is 0 Å². The fourth-order valence-corrected chi connectivity index (χ4v) is 4.00. The van der Waals surface area contributed by atoms with Crippen molar-refractivity contribution in [3.63, 3.8) is 0 Å². The Morgan fingerprint density at radius 3 is 2.79 bits per heavy atom. The number of likely N-dealkylation sites (tertiary alicyclic amines) is 1. The number of pyridine rings is 1. The van der Waals surface area contributed by atoms with Gasteiger partial charge in [0, 0.05) is 70.6 Å². The standard InChI is InChI=1S/C21H26N6O2/c1-14(28)26-10-7-17-16(13-26)12-23-20(24-17)18-5-4-9-27(18)21(29)15-6-8-22-19(11-15)25(2)3/h6,8,11-12,18H,4-5,7,9-10,13H2,1-3H3/t18-/m1/s1. The Morgan fingerprint density at radius 1 is 1.21 bits per heavy atom. The van der Waals surface area contributed by atoms with Crippen LogP contribution in [0.3, 0.4) is 0 Å². The minimum Gasteiger partial charge on any atom is -0.363 e. The van der Waals surface area contributed by atoms with Crippen molar-refractivity contribution in [3.05, 3.63) is 47.2 Å². The van der Waals surface area contributed by atoms with Gasteiger partial charge < -0.3 is 14.7 Å². The third-order valence-electron chi connectivity index (χ3n) is 5.66. The van der Waals surface area contributed by atoms with E-state index < -0.39 is 0 Å². The summed E-state index contributed by atoms with van der Waals surface area (Å²) in [5.41, 5.74) is 2.62. The highest BCUT2D eigenvalue weighted by molar-refractivity contribution is 5.95. The second-order valence-corrected chi connectivity index (χ2v) is 7.84. The number of hydrogen-bond acceptors (Lipinski definition) is 6. The summed E-state index contributed by atoms with van der Waals surface area (Å²) in [7, 11) is 3.81. The van der Waals surface area contributed by atoms with Crippen LogP contribution in [-0.2, 0) is 17.8 Å². The van der Waals surface area contributed by atoms with E-state index >= 15 is 0 Å². The zero-order valence-corrected chi connectivity index (χ0v) is 17.1. The lowest BCUT2D eigenvalue weighted by Crippen LogP contribution is -2.36. The second kappa shape index (κ2) is 7.77. The van der Waals surface area contributed by atoms with E-state index in [9.17, 15) is 9.59 Å². The van der Waals surface area contributed by atoms with Crippen molar-refractivity contribution >= 4 is 17.6 Å². The molecule has 0 bridgehead atoms. The van der Waals surface area contributed by atoms with Crippen molar-refractivity contribution < 1.29 is 9.59 Å².